The van der Waals surface area contributed by atoms with Gasteiger partial charge in [0.05, 0.1) is 5.56 Å². The molecular formula is C14H17N3O3. The topological polar surface area (TPSA) is 78.6 Å². The molecule has 106 valence electrons. The highest BCUT2D eigenvalue weighted by molar-refractivity contribution is 5.92. The van der Waals surface area contributed by atoms with E-state index in [9.17, 15) is 4.79 Å². The van der Waals surface area contributed by atoms with Crippen LogP contribution in [0.5, 0.6) is 0 Å². The van der Waals surface area contributed by atoms with E-state index in [2.05, 4.69) is 22.2 Å². The number of rotatable bonds is 4. The van der Waals surface area contributed by atoms with Crippen molar-refractivity contribution < 1.29 is 14.3 Å². The molecule has 0 aliphatic carbocycles. The van der Waals surface area contributed by atoms with E-state index in [4.69, 9.17) is 9.52 Å². The number of hydrogen-bond acceptors (Lipinski definition) is 5. The van der Waals surface area contributed by atoms with Crippen LogP contribution in [0, 0.1) is 0 Å². The molecule has 1 aliphatic rings. The van der Waals surface area contributed by atoms with Crippen molar-refractivity contribution in [2.24, 2.45) is 0 Å². The number of benzene rings is 1. The number of hydrogen-bond donors (Lipinski definition) is 2. The van der Waals surface area contributed by atoms with Gasteiger partial charge in [-0.15, -0.1) is 0 Å². The Kier molecular flexibility index (Phi) is 3.31. The number of carboxylic acids is 1. The molecule has 2 aromatic rings. The Labute approximate surface area is 116 Å². The van der Waals surface area contributed by atoms with Crippen LogP contribution in [0.15, 0.2) is 22.6 Å². The van der Waals surface area contributed by atoms with Gasteiger partial charge in [-0.25, -0.2) is 4.79 Å². The highest BCUT2D eigenvalue weighted by Crippen LogP contribution is 2.21. The molecule has 0 amide bonds. The molecule has 1 fully saturated rings. The number of likely N-dealkylation sites (N-methyl/N-ethyl adjacent to an activating group) is 1. The van der Waals surface area contributed by atoms with Crippen molar-refractivity contribution >= 4 is 23.1 Å². The third-order valence-electron chi connectivity index (χ3n) is 3.80. The lowest BCUT2D eigenvalue weighted by Crippen LogP contribution is -2.31. The van der Waals surface area contributed by atoms with E-state index in [1.54, 1.807) is 6.07 Å². The Bertz CT molecular complexity index is 638. The Morgan fingerprint density at radius 1 is 1.60 bits per heavy atom. The Balaban J connectivity index is 1.74. The molecule has 20 heavy (non-hydrogen) atoms. The summed E-state index contributed by atoms with van der Waals surface area (Å²) >= 11 is 0. The van der Waals surface area contributed by atoms with Gasteiger partial charge < -0.3 is 19.7 Å². The molecular weight excluding hydrogens is 258 g/mol. The Morgan fingerprint density at radius 3 is 3.15 bits per heavy atom. The number of nitrogens with zero attached hydrogens (tertiary/aromatic N) is 2. The van der Waals surface area contributed by atoms with Crippen LogP contribution in [0.4, 0.5) is 6.01 Å². The number of likely N-dealkylation sites (tertiary alicyclic amines) is 1. The van der Waals surface area contributed by atoms with Crippen molar-refractivity contribution in [2.45, 2.75) is 18.9 Å². The average molecular weight is 275 g/mol. The molecule has 2 N–H and O–H groups in total. The summed E-state index contributed by atoms with van der Waals surface area (Å²) in [6.45, 7) is 1.91. The number of nitrogens with one attached hydrogen (secondary N) is 1. The van der Waals surface area contributed by atoms with E-state index in [-0.39, 0.29) is 5.56 Å². The van der Waals surface area contributed by atoms with Crippen LogP contribution in [0.2, 0.25) is 0 Å². The summed E-state index contributed by atoms with van der Waals surface area (Å²) in [5.41, 5.74) is 1.36. The van der Waals surface area contributed by atoms with E-state index >= 15 is 0 Å². The van der Waals surface area contributed by atoms with Gasteiger partial charge in [-0.3, -0.25) is 0 Å². The predicted octanol–water partition coefficient (Wildman–Crippen LogP) is 2.03. The summed E-state index contributed by atoms with van der Waals surface area (Å²) in [6.07, 6.45) is 2.39. The lowest BCUT2D eigenvalue weighted by Gasteiger charge is -2.18. The van der Waals surface area contributed by atoms with E-state index < -0.39 is 5.97 Å². The maximum absolute atomic E-state index is 10.9. The molecule has 1 aromatic carbocycles. The van der Waals surface area contributed by atoms with E-state index in [0.717, 1.165) is 13.1 Å². The minimum Gasteiger partial charge on any atom is -0.478 e. The van der Waals surface area contributed by atoms with Crippen molar-refractivity contribution in [2.75, 3.05) is 25.5 Å². The SMILES string of the molecule is CN1CCCC1CNc1nc2ccc(C(=O)O)cc2o1. The first-order valence-electron chi connectivity index (χ1n) is 6.71. The molecule has 0 radical (unpaired) electrons. The van der Waals surface area contributed by atoms with Crippen LogP contribution in [0.1, 0.15) is 23.2 Å². The molecule has 3 rings (SSSR count). The fourth-order valence-electron chi connectivity index (χ4n) is 2.58. The fourth-order valence-corrected chi connectivity index (χ4v) is 2.58. The second kappa shape index (κ2) is 5.13. The van der Waals surface area contributed by atoms with Crippen molar-refractivity contribution in [1.82, 2.24) is 9.88 Å². The fraction of sp³-hybridized carbons (Fsp3) is 0.429. The van der Waals surface area contributed by atoms with Crippen LogP contribution >= 0.6 is 0 Å². The first-order valence-corrected chi connectivity index (χ1v) is 6.71. The third kappa shape index (κ3) is 2.46. The highest BCUT2D eigenvalue weighted by atomic mass is 16.4. The van der Waals surface area contributed by atoms with Gasteiger partial charge in [0, 0.05) is 12.6 Å². The van der Waals surface area contributed by atoms with Crippen LogP contribution < -0.4 is 5.32 Å². The van der Waals surface area contributed by atoms with Crippen LogP contribution in [0.25, 0.3) is 11.1 Å². The summed E-state index contributed by atoms with van der Waals surface area (Å²) in [5, 5.41) is 12.1. The maximum atomic E-state index is 10.9. The zero-order valence-corrected chi connectivity index (χ0v) is 11.3. The predicted molar refractivity (Wildman–Crippen MR) is 75.1 cm³/mol. The minimum absolute atomic E-state index is 0.204. The van der Waals surface area contributed by atoms with Crippen molar-refractivity contribution in [1.29, 1.82) is 0 Å². The number of aromatic carboxylic acids is 1. The van der Waals surface area contributed by atoms with Crippen molar-refractivity contribution in [3.63, 3.8) is 0 Å². The van der Waals surface area contributed by atoms with Crippen LogP contribution in [-0.4, -0.2) is 47.1 Å². The summed E-state index contributed by atoms with van der Waals surface area (Å²) in [4.78, 5) is 17.5. The Morgan fingerprint density at radius 2 is 2.45 bits per heavy atom. The molecule has 0 spiro atoms. The summed E-state index contributed by atoms with van der Waals surface area (Å²) in [5.74, 6) is -0.967. The number of carboxylic acid groups (broad SMARTS) is 1. The third-order valence-corrected chi connectivity index (χ3v) is 3.80. The molecule has 1 saturated heterocycles. The van der Waals surface area contributed by atoms with Gasteiger partial charge in [0.2, 0.25) is 0 Å². The molecule has 0 saturated carbocycles. The molecule has 1 aromatic heterocycles. The smallest absolute Gasteiger partial charge is 0.335 e. The quantitative estimate of drug-likeness (QED) is 0.889. The monoisotopic (exact) mass is 275 g/mol. The highest BCUT2D eigenvalue weighted by Gasteiger charge is 2.21. The van der Waals surface area contributed by atoms with Gasteiger partial charge in [-0.1, -0.05) is 0 Å². The second-order valence-electron chi connectivity index (χ2n) is 5.16. The van der Waals surface area contributed by atoms with Crippen LogP contribution in [0.3, 0.4) is 0 Å². The zero-order chi connectivity index (χ0) is 14.1. The lowest BCUT2D eigenvalue weighted by atomic mass is 10.2. The maximum Gasteiger partial charge on any atom is 0.335 e. The van der Waals surface area contributed by atoms with Gasteiger partial charge in [-0.2, -0.15) is 4.98 Å². The van der Waals surface area contributed by atoms with E-state index in [0.29, 0.717) is 23.2 Å². The molecule has 6 heteroatoms. The van der Waals surface area contributed by atoms with Crippen LogP contribution in [-0.2, 0) is 0 Å². The molecule has 1 unspecified atom stereocenters. The second-order valence-corrected chi connectivity index (χ2v) is 5.16. The molecule has 1 aliphatic heterocycles. The minimum atomic E-state index is -0.967. The molecule has 6 nitrogen and oxygen atoms in total. The first-order chi connectivity index (χ1) is 9.63. The average Bonchev–Trinajstić information content (AvgIpc) is 3.00. The van der Waals surface area contributed by atoms with Gasteiger partial charge in [0.25, 0.3) is 6.01 Å². The number of oxazole rings is 1. The molecule has 2 heterocycles. The first kappa shape index (κ1) is 12.9. The standard InChI is InChI=1S/C14H17N3O3/c1-17-6-2-3-10(17)8-15-14-16-11-5-4-9(13(18)19)7-12(11)20-14/h4-5,7,10H,2-3,6,8H2,1H3,(H,15,16)(H,18,19). The molecule has 0 bridgehead atoms. The number of anilines is 1. The zero-order valence-electron chi connectivity index (χ0n) is 11.3. The van der Waals surface area contributed by atoms with Gasteiger partial charge in [0.15, 0.2) is 5.58 Å². The van der Waals surface area contributed by atoms with E-state index in [1.165, 1.54) is 25.0 Å². The molecule has 1 atom stereocenters. The number of aromatic nitrogens is 1. The van der Waals surface area contributed by atoms with E-state index in [1.807, 2.05) is 0 Å². The largest absolute Gasteiger partial charge is 0.478 e. The van der Waals surface area contributed by atoms with Crippen molar-refractivity contribution in [3.05, 3.63) is 23.8 Å². The Hall–Kier alpha value is -2.08. The van der Waals surface area contributed by atoms with Gasteiger partial charge in [-0.05, 0) is 44.6 Å². The van der Waals surface area contributed by atoms with Gasteiger partial charge in [0.1, 0.15) is 5.52 Å². The summed E-state index contributed by atoms with van der Waals surface area (Å²) in [7, 11) is 2.12. The lowest BCUT2D eigenvalue weighted by molar-refractivity contribution is 0.0697. The van der Waals surface area contributed by atoms with Crippen molar-refractivity contribution in [3.8, 4) is 0 Å². The normalized spacial score (nSPS) is 19.6. The number of carbonyl (C=O) groups is 1. The summed E-state index contributed by atoms with van der Waals surface area (Å²) < 4.78 is 5.55. The summed E-state index contributed by atoms with van der Waals surface area (Å²) in [6, 6.07) is 5.64. The van der Waals surface area contributed by atoms with Gasteiger partial charge >= 0.3 is 5.97 Å². The number of fused-ring (bicyclic) bond motifs is 1.